The van der Waals surface area contributed by atoms with E-state index in [1.165, 1.54) is 11.8 Å². The zero-order chi connectivity index (χ0) is 12.6. The van der Waals surface area contributed by atoms with Crippen molar-refractivity contribution in [3.8, 4) is 0 Å². The zero-order valence-corrected chi connectivity index (χ0v) is 12.4. The summed E-state index contributed by atoms with van der Waals surface area (Å²) in [5.74, 6) is -0.173. The van der Waals surface area contributed by atoms with Gasteiger partial charge in [-0.25, -0.2) is 4.98 Å². The summed E-state index contributed by atoms with van der Waals surface area (Å²) in [6.07, 6.45) is 0. The van der Waals surface area contributed by atoms with Crippen molar-refractivity contribution >= 4 is 33.7 Å². The Morgan fingerprint density at radius 2 is 2.29 bits per heavy atom. The summed E-state index contributed by atoms with van der Waals surface area (Å²) in [4.78, 5) is 16.3. The summed E-state index contributed by atoms with van der Waals surface area (Å²) in [6.45, 7) is 6.25. The highest BCUT2D eigenvalue weighted by Gasteiger charge is 2.38. The lowest BCUT2D eigenvalue weighted by Gasteiger charge is -2.11. The van der Waals surface area contributed by atoms with Crippen LogP contribution in [0.2, 0.25) is 0 Å². The number of hydrogen-bond donors (Lipinski definition) is 0. The van der Waals surface area contributed by atoms with Crippen LogP contribution in [0, 0.1) is 13.8 Å². The second-order valence-corrected chi connectivity index (χ2v) is 6.09. The number of rotatable bonds is 2. The van der Waals surface area contributed by atoms with Crippen LogP contribution in [0.25, 0.3) is 0 Å². The zero-order valence-electron chi connectivity index (χ0n) is 9.99. The number of carbonyl (C=O) groups excluding carboxylic acids is 1. The highest BCUT2D eigenvalue weighted by atomic mass is 79.9. The van der Waals surface area contributed by atoms with E-state index in [4.69, 9.17) is 4.74 Å². The lowest BCUT2D eigenvalue weighted by molar-refractivity contribution is -0.142. The first-order valence-electron chi connectivity index (χ1n) is 5.50. The molecule has 92 valence electrons. The van der Waals surface area contributed by atoms with Gasteiger partial charge >= 0.3 is 5.97 Å². The molecule has 5 heteroatoms. The van der Waals surface area contributed by atoms with Gasteiger partial charge in [0.1, 0.15) is 10.3 Å². The van der Waals surface area contributed by atoms with Crippen LogP contribution in [-0.2, 0) is 9.53 Å². The van der Waals surface area contributed by atoms with Gasteiger partial charge in [0.25, 0.3) is 0 Å². The molecule has 1 aliphatic heterocycles. The average molecular weight is 316 g/mol. The topological polar surface area (TPSA) is 39.2 Å². The van der Waals surface area contributed by atoms with Crippen LogP contribution >= 0.6 is 27.7 Å². The standard InChI is InChI=1S/C12H14BrNO2S/c1-4-16-12(15)10-9(13)8-5-6(2)7(3)14-11(8)17-10/h5,9-10H,4H2,1-3H3. The molecule has 0 amide bonds. The number of carbonyl (C=O) groups is 1. The van der Waals surface area contributed by atoms with Gasteiger partial charge in [-0.15, -0.1) is 0 Å². The number of pyridine rings is 1. The Kier molecular flexibility index (Phi) is 3.78. The summed E-state index contributed by atoms with van der Waals surface area (Å²) in [5, 5.41) is 0.715. The molecule has 3 nitrogen and oxygen atoms in total. The Morgan fingerprint density at radius 1 is 1.59 bits per heavy atom. The molecule has 2 rings (SSSR count). The largest absolute Gasteiger partial charge is 0.465 e. The SMILES string of the molecule is CCOC(=O)C1Sc2nc(C)c(C)cc2C1Br. The summed E-state index contributed by atoms with van der Waals surface area (Å²) >= 11 is 5.05. The van der Waals surface area contributed by atoms with Crippen LogP contribution in [0.5, 0.6) is 0 Å². The number of thioether (sulfide) groups is 1. The number of halogens is 1. The molecule has 0 bridgehead atoms. The third kappa shape index (κ3) is 2.36. The maximum absolute atomic E-state index is 11.8. The van der Waals surface area contributed by atoms with Crippen LogP contribution < -0.4 is 0 Å². The molecule has 0 radical (unpaired) electrons. The van der Waals surface area contributed by atoms with E-state index in [0.29, 0.717) is 6.61 Å². The van der Waals surface area contributed by atoms with Gasteiger partial charge in [0.2, 0.25) is 0 Å². The van der Waals surface area contributed by atoms with E-state index < -0.39 is 0 Å². The Bertz CT molecular complexity index is 464. The average Bonchev–Trinajstić information content (AvgIpc) is 2.58. The lowest BCUT2D eigenvalue weighted by Crippen LogP contribution is -2.21. The number of fused-ring (bicyclic) bond motifs is 1. The van der Waals surface area contributed by atoms with Crippen molar-refractivity contribution < 1.29 is 9.53 Å². The first-order chi connectivity index (χ1) is 8.04. The number of esters is 1. The number of alkyl halides is 1. The summed E-state index contributed by atoms with van der Waals surface area (Å²) in [7, 11) is 0. The maximum atomic E-state index is 11.8. The van der Waals surface area contributed by atoms with Crippen molar-refractivity contribution in [3.05, 3.63) is 22.9 Å². The number of aryl methyl sites for hydroxylation is 2. The molecule has 0 N–H and O–H groups in total. The minimum Gasteiger partial charge on any atom is -0.465 e. The van der Waals surface area contributed by atoms with Crippen LogP contribution in [0.3, 0.4) is 0 Å². The van der Waals surface area contributed by atoms with Gasteiger partial charge in [-0.1, -0.05) is 33.8 Å². The molecular formula is C12H14BrNO2S. The van der Waals surface area contributed by atoms with Gasteiger partial charge in [0, 0.05) is 11.3 Å². The highest BCUT2D eigenvalue weighted by molar-refractivity contribution is 9.09. The molecule has 0 saturated carbocycles. The monoisotopic (exact) mass is 315 g/mol. The van der Waals surface area contributed by atoms with Crippen molar-refractivity contribution in [3.63, 3.8) is 0 Å². The molecule has 0 aliphatic carbocycles. The highest BCUT2D eigenvalue weighted by Crippen LogP contribution is 2.48. The predicted octanol–water partition coefficient (Wildman–Crippen LogP) is 3.17. The third-order valence-corrected chi connectivity index (χ3v) is 5.42. The molecule has 1 aromatic heterocycles. The normalized spacial score (nSPS) is 22.4. The van der Waals surface area contributed by atoms with Gasteiger partial charge in [-0.3, -0.25) is 4.79 Å². The minimum atomic E-state index is -0.223. The van der Waals surface area contributed by atoms with Crippen molar-refractivity contribution in [1.29, 1.82) is 0 Å². The molecular weight excluding hydrogens is 302 g/mol. The Labute approximate surface area is 113 Å². The molecule has 2 atom stereocenters. The van der Waals surface area contributed by atoms with E-state index in [9.17, 15) is 4.79 Å². The van der Waals surface area contributed by atoms with E-state index in [-0.39, 0.29) is 16.0 Å². The molecule has 17 heavy (non-hydrogen) atoms. The Morgan fingerprint density at radius 3 is 2.94 bits per heavy atom. The second kappa shape index (κ2) is 4.98. The van der Waals surface area contributed by atoms with Gasteiger partial charge < -0.3 is 4.74 Å². The molecule has 0 saturated heterocycles. The number of hydrogen-bond acceptors (Lipinski definition) is 4. The maximum Gasteiger partial charge on any atom is 0.320 e. The van der Waals surface area contributed by atoms with E-state index >= 15 is 0 Å². The second-order valence-electron chi connectivity index (χ2n) is 3.98. The molecule has 1 aliphatic rings. The van der Waals surface area contributed by atoms with Crippen LogP contribution in [0.15, 0.2) is 11.1 Å². The first kappa shape index (κ1) is 12.9. The minimum absolute atomic E-state index is 0.00616. The predicted molar refractivity (Wildman–Crippen MR) is 71.7 cm³/mol. The first-order valence-corrected chi connectivity index (χ1v) is 7.29. The lowest BCUT2D eigenvalue weighted by atomic mass is 10.1. The van der Waals surface area contributed by atoms with Crippen LogP contribution in [-0.4, -0.2) is 22.8 Å². The van der Waals surface area contributed by atoms with Gasteiger partial charge in [0.15, 0.2) is 0 Å². The fraction of sp³-hybridized carbons (Fsp3) is 0.500. The van der Waals surface area contributed by atoms with E-state index in [0.717, 1.165) is 21.8 Å². The summed E-state index contributed by atoms with van der Waals surface area (Å²) in [5.41, 5.74) is 3.26. The fourth-order valence-electron chi connectivity index (χ4n) is 1.73. The van der Waals surface area contributed by atoms with Crippen LogP contribution in [0.1, 0.15) is 28.6 Å². The molecule has 0 fully saturated rings. The van der Waals surface area contributed by atoms with Gasteiger partial charge in [-0.05, 0) is 26.3 Å². The Hall–Kier alpha value is -0.550. The molecule has 0 spiro atoms. The van der Waals surface area contributed by atoms with E-state index in [1.807, 2.05) is 20.8 Å². The molecule has 1 aromatic rings. The molecule has 2 heterocycles. The summed E-state index contributed by atoms with van der Waals surface area (Å²) in [6, 6.07) is 2.10. The smallest absolute Gasteiger partial charge is 0.320 e. The van der Waals surface area contributed by atoms with Gasteiger partial charge in [-0.2, -0.15) is 0 Å². The Balaban J connectivity index is 2.29. The van der Waals surface area contributed by atoms with Crippen molar-refractivity contribution in [1.82, 2.24) is 4.98 Å². The van der Waals surface area contributed by atoms with E-state index in [2.05, 4.69) is 27.0 Å². The molecule has 2 unspecified atom stereocenters. The molecule has 0 aromatic carbocycles. The third-order valence-electron chi connectivity index (χ3n) is 2.78. The number of nitrogens with zero attached hydrogens (tertiary/aromatic N) is 1. The fourth-order valence-corrected chi connectivity index (χ4v) is 3.95. The summed E-state index contributed by atoms with van der Waals surface area (Å²) < 4.78 is 5.07. The van der Waals surface area contributed by atoms with E-state index in [1.54, 1.807) is 0 Å². The quantitative estimate of drug-likeness (QED) is 0.620. The van der Waals surface area contributed by atoms with Crippen molar-refractivity contribution in [2.75, 3.05) is 6.61 Å². The van der Waals surface area contributed by atoms with Crippen molar-refractivity contribution in [2.45, 2.75) is 35.9 Å². The van der Waals surface area contributed by atoms with Crippen molar-refractivity contribution in [2.24, 2.45) is 0 Å². The number of ether oxygens (including phenoxy) is 1. The number of aromatic nitrogens is 1. The van der Waals surface area contributed by atoms with Crippen LogP contribution in [0.4, 0.5) is 0 Å². The van der Waals surface area contributed by atoms with Gasteiger partial charge in [0.05, 0.1) is 11.4 Å².